The number of likely N-dealkylation sites (tertiary alicyclic amines) is 1. The van der Waals surface area contributed by atoms with E-state index in [9.17, 15) is 0 Å². The van der Waals surface area contributed by atoms with Crippen LogP contribution < -0.4 is 15.4 Å². The lowest BCUT2D eigenvalue weighted by Gasteiger charge is -2.33. The lowest BCUT2D eigenvalue weighted by atomic mass is 10.1. The Morgan fingerprint density at radius 2 is 2.14 bits per heavy atom. The van der Waals surface area contributed by atoms with Crippen molar-refractivity contribution in [3.63, 3.8) is 0 Å². The minimum atomic E-state index is 0. The summed E-state index contributed by atoms with van der Waals surface area (Å²) >= 11 is 0. The van der Waals surface area contributed by atoms with Gasteiger partial charge in [-0.25, -0.2) is 0 Å². The van der Waals surface area contributed by atoms with E-state index in [0.717, 1.165) is 76.9 Å². The van der Waals surface area contributed by atoms with Crippen LogP contribution in [-0.4, -0.2) is 69.9 Å². The van der Waals surface area contributed by atoms with Crippen molar-refractivity contribution in [1.29, 1.82) is 0 Å². The standard InChI is InChI=1S/C22H36N4O2.HI/c1-3-23-22(25-20-8-13-26(14-9-20)12-4-15-27-2)24-11-7-18-5-6-21-19(17-18)10-16-28-21;/h5-6,17,20H,3-4,7-16H2,1-2H3,(H2,23,24,25);1H. The number of guanidine groups is 1. The summed E-state index contributed by atoms with van der Waals surface area (Å²) in [6.07, 6.45) is 5.44. The number of nitrogens with zero attached hydrogens (tertiary/aromatic N) is 2. The van der Waals surface area contributed by atoms with Crippen molar-refractivity contribution in [3.8, 4) is 5.75 Å². The second-order valence-corrected chi connectivity index (χ2v) is 7.66. The van der Waals surface area contributed by atoms with E-state index in [4.69, 9.17) is 14.5 Å². The van der Waals surface area contributed by atoms with Crippen LogP contribution in [0.4, 0.5) is 0 Å². The quantitative estimate of drug-likeness (QED) is 0.229. The highest BCUT2D eigenvalue weighted by atomic mass is 127. The molecule has 0 unspecified atom stereocenters. The third-order valence-electron chi connectivity index (χ3n) is 5.52. The predicted molar refractivity (Wildman–Crippen MR) is 130 cm³/mol. The van der Waals surface area contributed by atoms with Crippen LogP contribution in [0.5, 0.6) is 5.75 Å². The number of nitrogens with one attached hydrogen (secondary N) is 2. The van der Waals surface area contributed by atoms with Crippen molar-refractivity contribution in [2.45, 2.75) is 45.1 Å². The number of rotatable bonds is 9. The van der Waals surface area contributed by atoms with E-state index in [1.165, 1.54) is 24.0 Å². The fourth-order valence-corrected chi connectivity index (χ4v) is 3.94. The first-order valence-electron chi connectivity index (χ1n) is 10.8. The third kappa shape index (κ3) is 7.94. The van der Waals surface area contributed by atoms with Gasteiger partial charge in [0.15, 0.2) is 5.96 Å². The van der Waals surface area contributed by atoms with Gasteiger partial charge in [-0.2, -0.15) is 0 Å². The van der Waals surface area contributed by atoms with Gasteiger partial charge in [0.25, 0.3) is 0 Å². The van der Waals surface area contributed by atoms with Crippen LogP contribution in [0.15, 0.2) is 23.2 Å². The molecule has 0 amide bonds. The maximum absolute atomic E-state index is 5.59. The fourth-order valence-electron chi connectivity index (χ4n) is 3.94. The first-order valence-corrected chi connectivity index (χ1v) is 10.8. The number of halogens is 1. The highest BCUT2D eigenvalue weighted by Gasteiger charge is 2.19. The molecular weight excluding hydrogens is 479 g/mol. The van der Waals surface area contributed by atoms with Gasteiger partial charge in [0, 0.05) is 58.9 Å². The molecular formula is C22H37IN4O2. The van der Waals surface area contributed by atoms with Crippen molar-refractivity contribution >= 4 is 29.9 Å². The SMILES string of the molecule is CCNC(=NCCc1ccc2c(c1)CCO2)NC1CCN(CCCOC)CC1.I. The maximum atomic E-state index is 5.59. The second kappa shape index (κ2) is 13.3. The topological polar surface area (TPSA) is 58.1 Å². The Kier molecular flexibility index (Phi) is 11.1. The van der Waals surface area contributed by atoms with Gasteiger partial charge in [0.05, 0.1) is 6.61 Å². The van der Waals surface area contributed by atoms with Crippen molar-refractivity contribution < 1.29 is 9.47 Å². The van der Waals surface area contributed by atoms with Gasteiger partial charge in [-0.15, -0.1) is 24.0 Å². The van der Waals surface area contributed by atoms with E-state index >= 15 is 0 Å². The molecule has 0 spiro atoms. The Labute approximate surface area is 192 Å². The molecule has 2 aliphatic rings. The van der Waals surface area contributed by atoms with Crippen LogP contribution in [0.2, 0.25) is 0 Å². The van der Waals surface area contributed by atoms with Gasteiger partial charge >= 0.3 is 0 Å². The molecule has 2 aliphatic heterocycles. The molecule has 0 atom stereocenters. The van der Waals surface area contributed by atoms with Crippen molar-refractivity contribution in [2.24, 2.45) is 4.99 Å². The first kappa shape index (κ1) is 24.2. The van der Waals surface area contributed by atoms with Crippen LogP contribution in [0.3, 0.4) is 0 Å². The Morgan fingerprint density at radius 3 is 2.90 bits per heavy atom. The molecule has 1 aromatic carbocycles. The summed E-state index contributed by atoms with van der Waals surface area (Å²) in [6.45, 7) is 8.92. The number of piperidine rings is 1. The van der Waals surface area contributed by atoms with Gasteiger partial charge in [-0.1, -0.05) is 12.1 Å². The molecule has 0 aromatic heterocycles. The average molecular weight is 516 g/mol. The molecule has 0 radical (unpaired) electrons. The lowest BCUT2D eigenvalue weighted by molar-refractivity contribution is 0.155. The van der Waals surface area contributed by atoms with Crippen LogP contribution >= 0.6 is 24.0 Å². The van der Waals surface area contributed by atoms with Gasteiger partial charge < -0.3 is 25.0 Å². The summed E-state index contributed by atoms with van der Waals surface area (Å²) in [5.41, 5.74) is 2.68. The predicted octanol–water partition coefficient (Wildman–Crippen LogP) is 2.84. The van der Waals surface area contributed by atoms with Gasteiger partial charge in [0.2, 0.25) is 0 Å². The summed E-state index contributed by atoms with van der Waals surface area (Å²) in [7, 11) is 1.77. The summed E-state index contributed by atoms with van der Waals surface area (Å²) in [4.78, 5) is 7.35. The van der Waals surface area contributed by atoms with Gasteiger partial charge in [0.1, 0.15) is 5.75 Å². The summed E-state index contributed by atoms with van der Waals surface area (Å²) in [5.74, 6) is 2.00. The Morgan fingerprint density at radius 1 is 1.31 bits per heavy atom. The molecule has 3 rings (SSSR count). The first-order chi connectivity index (χ1) is 13.8. The van der Waals surface area contributed by atoms with Gasteiger partial charge in [-0.3, -0.25) is 4.99 Å². The molecule has 1 aromatic rings. The summed E-state index contributed by atoms with van der Waals surface area (Å²) in [5, 5.41) is 7.04. The van der Waals surface area contributed by atoms with Crippen LogP contribution in [-0.2, 0) is 17.6 Å². The molecule has 2 heterocycles. The average Bonchev–Trinajstić information content (AvgIpc) is 3.17. The molecule has 164 valence electrons. The Bertz CT molecular complexity index is 633. The third-order valence-corrected chi connectivity index (χ3v) is 5.52. The van der Waals surface area contributed by atoms with Crippen molar-refractivity contribution in [1.82, 2.24) is 15.5 Å². The fraction of sp³-hybridized carbons (Fsp3) is 0.682. The molecule has 0 saturated carbocycles. The van der Waals surface area contributed by atoms with Gasteiger partial charge in [-0.05, 0) is 49.8 Å². The molecule has 2 N–H and O–H groups in total. The zero-order chi connectivity index (χ0) is 19.6. The highest BCUT2D eigenvalue weighted by molar-refractivity contribution is 14.0. The maximum Gasteiger partial charge on any atom is 0.191 e. The number of benzene rings is 1. The molecule has 1 fully saturated rings. The van der Waals surface area contributed by atoms with Crippen molar-refractivity contribution in [2.75, 3.05) is 53.0 Å². The molecule has 1 saturated heterocycles. The Balaban J connectivity index is 0.00000300. The zero-order valence-electron chi connectivity index (χ0n) is 17.9. The van der Waals surface area contributed by atoms with Crippen LogP contribution in [0.25, 0.3) is 0 Å². The van der Waals surface area contributed by atoms with Crippen molar-refractivity contribution in [3.05, 3.63) is 29.3 Å². The molecule has 6 nitrogen and oxygen atoms in total. The van der Waals surface area contributed by atoms with E-state index < -0.39 is 0 Å². The van der Waals surface area contributed by atoms with E-state index in [0.29, 0.717) is 6.04 Å². The Hall–Kier alpha value is -1.06. The van der Waals surface area contributed by atoms with Crippen LogP contribution in [0, 0.1) is 0 Å². The van der Waals surface area contributed by atoms with E-state index in [1.54, 1.807) is 7.11 Å². The molecule has 0 aliphatic carbocycles. The number of fused-ring (bicyclic) bond motifs is 1. The second-order valence-electron chi connectivity index (χ2n) is 7.66. The smallest absolute Gasteiger partial charge is 0.191 e. The molecule has 7 heteroatoms. The monoisotopic (exact) mass is 516 g/mol. The minimum Gasteiger partial charge on any atom is -0.493 e. The summed E-state index contributed by atoms with van der Waals surface area (Å²) in [6, 6.07) is 7.05. The number of aliphatic imine (C=N–C) groups is 1. The zero-order valence-corrected chi connectivity index (χ0v) is 20.2. The largest absolute Gasteiger partial charge is 0.493 e. The van der Waals surface area contributed by atoms with Crippen LogP contribution in [0.1, 0.15) is 37.3 Å². The number of methoxy groups -OCH3 is 1. The highest BCUT2D eigenvalue weighted by Crippen LogP contribution is 2.25. The number of hydrogen-bond donors (Lipinski definition) is 2. The van der Waals surface area contributed by atoms with E-state index in [1.807, 2.05) is 0 Å². The van der Waals surface area contributed by atoms with E-state index in [2.05, 4.69) is 40.7 Å². The van der Waals surface area contributed by atoms with E-state index in [-0.39, 0.29) is 24.0 Å². The number of hydrogen-bond acceptors (Lipinski definition) is 4. The minimum absolute atomic E-state index is 0. The normalized spacial score (nSPS) is 17.4. The molecule has 29 heavy (non-hydrogen) atoms. The molecule has 0 bridgehead atoms. The number of ether oxygens (including phenoxy) is 2. The summed E-state index contributed by atoms with van der Waals surface area (Å²) < 4.78 is 10.7. The lowest BCUT2D eigenvalue weighted by Crippen LogP contribution is -2.49.